The van der Waals surface area contributed by atoms with Crippen LogP contribution in [-0.2, 0) is 4.79 Å². The van der Waals surface area contributed by atoms with Crippen molar-refractivity contribution in [2.75, 3.05) is 17.3 Å². The Hall–Kier alpha value is -0.430. The Labute approximate surface area is 111 Å². The lowest BCUT2D eigenvalue weighted by molar-refractivity contribution is -0.117. The maximum absolute atomic E-state index is 13.3. The monoisotopic (exact) mass is 354 g/mol. The fourth-order valence-electron chi connectivity index (χ4n) is 1.66. The number of rotatable bonds is 2. The number of amides is 1. The first-order valence-electron chi connectivity index (χ1n) is 4.80. The Morgan fingerprint density at radius 2 is 2.38 bits per heavy atom. The van der Waals surface area contributed by atoms with Crippen LogP contribution in [0.25, 0.3) is 0 Å². The number of alkyl halides is 1. The summed E-state index contributed by atoms with van der Waals surface area (Å²) in [6.45, 7) is 0.523. The molecule has 16 heavy (non-hydrogen) atoms. The predicted octanol–water partition coefficient (Wildman–Crippen LogP) is 2.42. The zero-order valence-electron chi connectivity index (χ0n) is 8.29. The van der Waals surface area contributed by atoms with Crippen LogP contribution in [0.5, 0.6) is 0 Å². The van der Waals surface area contributed by atoms with Gasteiger partial charge in [-0.1, -0.05) is 0 Å². The fourth-order valence-corrected chi connectivity index (χ4v) is 2.17. The minimum absolute atomic E-state index is 0.0428. The van der Waals surface area contributed by atoms with E-state index in [4.69, 9.17) is 11.6 Å². The number of hydrogen-bond acceptors (Lipinski definition) is 2. The number of pyridine rings is 1. The normalized spacial score (nSPS) is 20.6. The van der Waals surface area contributed by atoms with Crippen molar-refractivity contribution >= 4 is 45.9 Å². The Balaban J connectivity index is 2.24. The van der Waals surface area contributed by atoms with Crippen molar-refractivity contribution in [1.82, 2.24) is 4.98 Å². The van der Waals surface area contributed by atoms with Crippen LogP contribution in [0.15, 0.2) is 12.1 Å². The second-order valence-corrected chi connectivity index (χ2v) is 5.14. The van der Waals surface area contributed by atoms with Crippen LogP contribution >= 0.6 is 34.2 Å². The number of aromatic nitrogens is 1. The maximum atomic E-state index is 13.3. The summed E-state index contributed by atoms with van der Waals surface area (Å²) in [6, 6.07) is 3.26. The van der Waals surface area contributed by atoms with Crippen molar-refractivity contribution < 1.29 is 9.18 Å². The molecular formula is C10H9ClFIN2O. The number of carbonyl (C=O) groups excluding carboxylic acids is 1. The van der Waals surface area contributed by atoms with Crippen molar-refractivity contribution in [1.29, 1.82) is 0 Å². The third-order valence-corrected chi connectivity index (χ3v) is 3.73. The summed E-state index contributed by atoms with van der Waals surface area (Å²) in [5, 5.41) is 0. The maximum Gasteiger partial charge on any atom is 0.228 e. The Morgan fingerprint density at radius 3 is 2.94 bits per heavy atom. The van der Waals surface area contributed by atoms with Gasteiger partial charge >= 0.3 is 0 Å². The van der Waals surface area contributed by atoms with E-state index in [0.29, 0.717) is 28.2 Å². The standard InChI is InChI=1S/C10H9ClFIN2O/c11-4-6-3-9(16)15(5-6)8-2-1-7(13)10(12)14-8/h1-2,6H,3-5H2. The summed E-state index contributed by atoms with van der Waals surface area (Å²) < 4.78 is 13.7. The lowest BCUT2D eigenvalue weighted by atomic mass is 10.1. The molecule has 0 bridgehead atoms. The van der Waals surface area contributed by atoms with Gasteiger partial charge in [0.1, 0.15) is 5.82 Å². The quantitative estimate of drug-likeness (QED) is 0.464. The number of carbonyl (C=O) groups is 1. The lowest BCUT2D eigenvalue weighted by Crippen LogP contribution is -2.26. The van der Waals surface area contributed by atoms with Gasteiger partial charge in [-0.15, -0.1) is 11.6 Å². The van der Waals surface area contributed by atoms with E-state index in [1.807, 2.05) is 22.6 Å². The van der Waals surface area contributed by atoms with Crippen molar-refractivity contribution in [3.05, 3.63) is 21.7 Å². The molecule has 0 radical (unpaired) electrons. The molecule has 1 aliphatic heterocycles. The molecule has 2 rings (SSSR count). The van der Waals surface area contributed by atoms with Crippen molar-refractivity contribution in [3.8, 4) is 0 Å². The molecule has 6 heteroatoms. The van der Waals surface area contributed by atoms with Crippen LogP contribution in [0.2, 0.25) is 0 Å². The van der Waals surface area contributed by atoms with Gasteiger partial charge in [0.15, 0.2) is 0 Å². The minimum atomic E-state index is -0.541. The van der Waals surface area contributed by atoms with Gasteiger partial charge in [-0.3, -0.25) is 9.69 Å². The fraction of sp³-hybridized carbons (Fsp3) is 0.400. The van der Waals surface area contributed by atoms with E-state index in [1.54, 1.807) is 12.1 Å². The highest BCUT2D eigenvalue weighted by atomic mass is 127. The van der Waals surface area contributed by atoms with Gasteiger partial charge in [0, 0.05) is 18.8 Å². The van der Waals surface area contributed by atoms with Crippen LogP contribution in [0.3, 0.4) is 0 Å². The average Bonchev–Trinajstić information content (AvgIpc) is 2.64. The third kappa shape index (κ3) is 2.29. The number of hydrogen-bond donors (Lipinski definition) is 0. The van der Waals surface area contributed by atoms with Gasteiger partial charge < -0.3 is 0 Å². The first-order chi connectivity index (χ1) is 7.61. The lowest BCUT2D eigenvalue weighted by Gasteiger charge is -2.15. The topological polar surface area (TPSA) is 33.2 Å². The van der Waals surface area contributed by atoms with Gasteiger partial charge in [-0.25, -0.2) is 4.98 Å². The van der Waals surface area contributed by atoms with Crippen LogP contribution < -0.4 is 4.90 Å². The van der Waals surface area contributed by atoms with Gasteiger partial charge in [0.25, 0.3) is 0 Å². The highest BCUT2D eigenvalue weighted by Crippen LogP contribution is 2.25. The molecule has 1 unspecified atom stereocenters. The number of anilines is 1. The molecule has 1 amide bonds. The summed E-state index contributed by atoms with van der Waals surface area (Å²) in [4.78, 5) is 16.9. The molecule has 86 valence electrons. The largest absolute Gasteiger partial charge is 0.296 e. The van der Waals surface area contributed by atoms with Gasteiger partial charge in [-0.05, 0) is 40.6 Å². The zero-order chi connectivity index (χ0) is 11.7. The van der Waals surface area contributed by atoms with Crippen LogP contribution in [0, 0.1) is 15.4 Å². The summed E-state index contributed by atoms with van der Waals surface area (Å²) in [7, 11) is 0. The average molecular weight is 355 g/mol. The molecule has 1 atom stereocenters. The molecule has 0 spiro atoms. The smallest absolute Gasteiger partial charge is 0.228 e. The van der Waals surface area contributed by atoms with Crippen molar-refractivity contribution in [2.24, 2.45) is 5.92 Å². The first kappa shape index (κ1) is 12.0. The summed E-state index contributed by atoms with van der Waals surface area (Å²) in [5.74, 6) is 0.363. The highest BCUT2D eigenvalue weighted by molar-refractivity contribution is 14.1. The number of halogens is 3. The molecule has 1 aromatic rings. The molecule has 2 heterocycles. The summed E-state index contributed by atoms with van der Waals surface area (Å²) >= 11 is 7.57. The first-order valence-corrected chi connectivity index (χ1v) is 6.41. The molecule has 1 aromatic heterocycles. The van der Waals surface area contributed by atoms with Crippen molar-refractivity contribution in [2.45, 2.75) is 6.42 Å². The molecule has 1 fully saturated rings. The van der Waals surface area contributed by atoms with E-state index in [1.165, 1.54) is 4.90 Å². The van der Waals surface area contributed by atoms with E-state index < -0.39 is 5.95 Å². The predicted molar refractivity (Wildman–Crippen MR) is 68.1 cm³/mol. The molecule has 1 aliphatic rings. The van der Waals surface area contributed by atoms with Crippen molar-refractivity contribution in [3.63, 3.8) is 0 Å². The second-order valence-electron chi connectivity index (χ2n) is 3.67. The summed E-state index contributed by atoms with van der Waals surface area (Å²) in [6.07, 6.45) is 0.415. The van der Waals surface area contributed by atoms with Crippen LogP contribution in [0.4, 0.5) is 10.2 Å². The van der Waals surface area contributed by atoms with E-state index in [2.05, 4.69) is 4.98 Å². The highest BCUT2D eigenvalue weighted by Gasteiger charge is 2.30. The molecule has 0 N–H and O–H groups in total. The number of nitrogens with zero attached hydrogens (tertiary/aromatic N) is 2. The SMILES string of the molecule is O=C1CC(CCl)CN1c1ccc(I)c(F)n1. The Kier molecular flexibility index (Phi) is 3.63. The molecular weight excluding hydrogens is 345 g/mol. The van der Waals surface area contributed by atoms with E-state index in [0.717, 1.165) is 0 Å². The van der Waals surface area contributed by atoms with E-state index >= 15 is 0 Å². The van der Waals surface area contributed by atoms with Gasteiger partial charge in [0.2, 0.25) is 11.9 Å². The molecule has 3 nitrogen and oxygen atoms in total. The molecule has 0 saturated carbocycles. The Bertz CT molecular complexity index is 429. The van der Waals surface area contributed by atoms with E-state index in [-0.39, 0.29) is 11.8 Å². The van der Waals surface area contributed by atoms with Crippen LogP contribution in [-0.4, -0.2) is 23.3 Å². The minimum Gasteiger partial charge on any atom is -0.296 e. The van der Waals surface area contributed by atoms with Gasteiger partial charge in [0.05, 0.1) is 3.57 Å². The Morgan fingerprint density at radius 1 is 1.62 bits per heavy atom. The second kappa shape index (κ2) is 4.83. The molecule has 1 saturated heterocycles. The zero-order valence-corrected chi connectivity index (χ0v) is 11.2. The molecule has 0 aliphatic carbocycles. The van der Waals surface area contributed by atoms with Gasteiger partial charge in [-0.2, -0.15) is 4.39 Å². The summed E-state index contributed by atoms with van der Waals surface area (Å²) in [5.41, 5.74) is 0. The molecule has 0 aromatic carbocycles. The third-order valence-electron chi connectivity index (χ3n) is 2.49. The van der Waals surface area contributed by atoms with E-state index in [9.17, 15) is 9.18 Å². The van der Waals surface area contributed by atoms with Crippen LogP contribution in [0.1, 0.15) is 6.42 Å².